The highest BCUT2D eigenvalue weighted by Gasteiger charge is 2.37. The molecule has 4 aliphatic rings. The van der Waals surface area contributed by atoms with Crippen molar-refractivity contribution in [3.63, 3.8) is 0 Å². The van der Waals surface area contributed by atoms with Gasteiger partial charge < -0.3 is 20.4 Å². The molecule has 1 aliphatic carbocycles. The largest absolute Gasteiger partial charge is 0.352 e. The van der Waals surface area contributed by atoms with Gasteiger partial charge in [0.1, 0.15) is 5.50 Å². The van der Waals surface area contributed by atoms with Gasteiger partial charge in [0.05, 0.1) is 12.7 Å². The number of thioether (sulfide) groups is 1. The number of carbonyl (C=O) groups excluding carboxylic acids is 2. The molecule has 9 nitrogen and oxygen atoms in total. The molecule has 0 aromatic heterocycles. The minimum atomic E-state index is -0.260. The van der Waals surface area contributed by atoms with Crippen LogP contribution in [0.15, 0.2) is 0 Å². The molecule has 3 heterocycles. The Hall–Kier alpha value is -0.910. The summed E-state index contributed by atoms with van der Waals surface area (Å²) in [4.78, 5) is 32.8. The number of likely N-dealkylation sites (N-methyl/N-ethyl adjacent to an activating group) is 1. The van der Waals surface area contributed by atoms with Crippen LogP contribution in [-0.4, -0.2) is 103 Å². The van der Waals surface area contributed by atoms with Crippen LogP contribution in [0.2, 0.25) is 0 Å². The highest BCUT2D eigenvalue weighted by atomic mass is 32.2. The Kier molecular flexibility index (Phi) is 9.14. The number of hydrogen-bond donors (Lipinski definition) is 4. The summed E-state index contributed by atoms with van der Waals surface area (Å²) in [5, 5.41) is 7.26. The van der Waals surface area contributed by atoms with Crippen molar-refractivity contribution in [1.82, 2.24) is 36.2 Å². The van der Waals surface area contributed by atoms with E-state index in [1.165, 1.54) is 6.42 Å². The van der Waals surface area contributed by atoms with Crippen LogP contribution in [0, 0.1) is 11.8 Å². The summed E-state index contributed by atoms with van der Waals surface area (Å²) in [6, 6.07) is 0.425. The molecule has 0 spiro atoms. The highest BCUT2D eigenvalue weighted by molar-refractivity contribution is 8.00. The van der Waals surface area contributed by atoms with Crippen molar-refractivity contribution in [3.8, 4) is 0 Å². The lowest BCUT2D eigenvalue weighted by Crippen LogP contribution is -2.54. The Morgan fingerprint density at radius 3 is 2.68 bits per heavy atom. The average Bonchev–Trinajstić information content (AvgIpc) is 3.48. The highest BCUT2D eigenvalue weighted by Crippen LogP contribution is 2.35. The molecule has 5 unspecified atom stereocenters. The van der Waals surface area contributed by atoms with E-state index in [-0.39, 0.29) is 29.8 Å². The number of carbonyl (C=O) groups is 2. The lowest BCUT2D eigenvalue weighted by molar-refractivity contribution is -0.136. The van der Waals surface area contributed by atoms with Gasteiger partial charge in [0, 0.05) is 36.3 Å². The number of rotatable bonds is 7. The Morgan fingerprint density at radius 2 is 1.97 bits per heavy atom. The predicted octanol–water partition coefficient (Wildman–Crippen LogP) is 0.595. The van der Waals surface area contributed by atoms with E-state index >= 15 is 0 Å². The van der Waals surface area contributed by atoms with E-state index in [1.54, 1.807) is 0 Å². The zero-order chi connectivity index (χ0) is 24.2. The van der Waals surface area contributed by atoms with Gasteiger partial charge in [-0.05, 0) is 72.1 Å². The molecule has 0 bridgehead atoms. The quantitative estimate of drug-likeness (QED) is 0.408. The van der Waals surface area contributed by atoms with Crippen LogP contribution in [0.3, 0.4) is 0 Å². The number of hydrogen-bond acceptors (Lipinski definition) is 8. The average molecular weight is 496 g/mol. The van der Waals surface area contributed by atoms with Crippen molar-refractivity contribution < 1.29 is 9.59 Å². The van der Waals surface area contributed by atoms with Crippen molar-refractivity contribution in [3.05, 3.63) is 0 Å². The monoisotopic (exact) mass is 495 g/mol. The Balaban J connectivity index is 1.24. The number of piperidine rings is 1. The molecule has 0 aromatic rings. The SMILES string of the molecule is C[C@H](SC1NNCN1C)C1CCCC(NC(=O)C2CC(C(=O)N3CC[C@H](N(C)C)C3)CCN2)C1. The van der Waals surface area contributed by atoms with Crippen LogP contribution in [0.1, 0.15) is 51.9 Å². The van der Waals surface area contributed by atoms with E-state index in [1.807, 2.05) is 16.7 Å². The lowest BCUT2D eigenvalue weighted by Gasteiger charge is -2.36. The molecular weight excluding hydrogens is 450 g/mol. The first-order chi connectivity index (χ1) is 16.3. The van der Waals surface area contributed by atoms with Crippen molar-refractivity contribution in [2.24, 2.45) is 11.8 Å². The standard InChI is InChI=1S/C24H45N7O2S/c1-16(34-24-28-26-15-30(24)4)17-6-5-7-19(12-17)27-22(32)21-13-18(8-10-25-21)23(33)31-11-9-20(14-31)29(2)3/h16-21,24-26,28H,5-15H2,1-4H3,(H,27,32)/t16-,17?,18?,19?,20-,21?,24?/m0/s1. The first-order valence-electron chi connectivity index (χ1n) is 13.1. The topological polar surface area (TPSA) is 92.0 Å². The molecule has 3 saturated heterocycles. The van der Waals surface area contributed by atoms with Gasteiger partial charge in [-0.3, -0.25) is 14.5 Å². The molecule has 4 rings (SSSR count). The number of nitrogens with zero attached hydrogens (tertiary/aromatic N) is 3. The minimum absolute atomic E-state index is 0.0436. The van der Waals surface area contributed by atoms with Crippen molar-refractivity contribution in [1.29, 1.82) is 0 Å². The first kappa shape index (κ1) is 26.2. The summed E-state index contributed by atoms with van der Waals surface area (Å²) in [5.74, 6) is 0.885. The van der Waals surface area contributed by atoms with Gasteiger partial charge in [0.2, 0.25) is 11.8 Å². The van der Waals surface area contributed by atoms with Crippen LogP contribution in [0.4, 0.5) is 0 Å². The van der Waals surface area contributed by atoms with Crippen LogP contribution in [0.5, 0.6) is 0 Å². The fourth-order valence-electron chi connectivity index (χ4n) is 5.95. The Bertz CT molecular complexity index is 711. The fraction of sp³-hybridized carbons (Fsp3) is 0.917. The van der Waals surface area contributed by atoms with Gasteiger partial charge in [0.25, 0.3) is 0 Å². The maximum Gasteiger partial charge on any atom is 0.237 e. The van der Waals surface area contributed by atoms with E-state index in [0.717, 1.165) is 58.4 Å². The minimum Gasteiger partial charge on any atom is -0.352 e. The molecule has 34 heavy (non-hydrogen) atoms. The van der Waals surface area contributed by atoms with Gasteiger partial charge in [-0.1, -0.05) is 13.3 Å². The van der Waals surface area contributed by atoms with Crippen molar-refractivity contribution >= 4 is 23.6 Å². The summed E-state index contributed by atoms with van der Waals surface area (Å²) in [6.07, 6.45) is 6.96. The number of hydrazine groups is 1. The Labute approximate surface area is 209 Å². The molecule has 4 fully saturated rings. The summed E-state index contributed by atoms with van der Waals surface area (Å²) in [7, 11) is 6.29. The molecule has 4 N–H and O–H groups in total. The zero-order valence-corrected chi connectivity index (χ0v) is 22.2. The third-order valence-corrected chi connectivity index (χ3v) is 9.85. The van der Waals surface area contributed by atoms with Gasteiger partial charge in [0.15, 0.2) is 0 Å². The summed E-state index contributed by atoms with van der Waals surface area (Å²) in [6.45, 7) is 5.57. The molecule has 194 valence electrons. The number of amides is 2. The summed E-state index contributed by atoms with van der Waals surface area (Å²) < 4.78 is 0. The van der Waals surface area contributed by atoms with Crippen LogP contribution >= 0.6 is 11.8 Å². The summed E-state index contributed by atoms with van der Waals surface area (Å²) in [5.41, 5.74) is 6.83. The Morgan fingerprint density at radius 1 is 1.15 bits per heavy atom. The van der Waals surface area contributed by atoms with Gasteiger partial charge in [-0.25, -0.2) is 10.9 Å². The molecule has 7 atom stereocenters. The second-order valence-electron chi connectivity index (χ2n) is 11.0. The molecule has 1 saturated carbocycles. The smallest absolute Gasteiger partial charge is 0.237 e. The van der Waals surface area contributed by atoms with Crippen LogP contribution in [-0.2, 0) is 9.59 Å². The third kappa shape index (κ3) is 6.44. The first-order valence-corrected chi connectivity index (χ1v) is 14.1. The second-order valence-corrected chi connectivity index (χ2v) is 12.4. The molecule has 3 aliphatic heterocycles. The molecule has 10 heteroatoms. The van der Waals surface area contributed by atoms with Gasteiger partial charge in [-0.2, -0.15) is 0 Å². The van der Waals surface area contributed by atoms with Crippen molar-refractivity contribution in [2.75, 3.05) is 47.4 Å². The van der Waals surface area contributed by atoms with Gasteiger partial charge in [-0.15, -0.1) is 11.8 Å². The zero-order valence-electron chi connectivity index (χ0n) is 21.4. The normalized spacial score (nSPS) is 36.1. The van der Waals surface area contributed by atoms with Crippen LogP contribution in [0.25, 0.3) is 0 Å². The lowest BCUT2D eigenvalue weighted by atomic mass is 9.83. The number of likely N-dealkylation sites (tertiary alicyclic amines) is 1. The van der Waals surface area contributed by atoms with E-state index < -0.39 is 0 Å². The third-order valence-electron chi connectivity index (χ3n) is 8.30. The maximum absolute atomic E-state index is 13.2. The number of nitrogens with one attached hydrogen (secondary N) is 4. The van der Waals surface area contributed by atoms with E-state index in [9.17, 15) is 9.59 Å². The van der Waals surface area contributed by atoms with Crippen LogP contribution < -0.4 is 21.5 Å². The molecule has 0 aromatic carbocycles. The van der Waals surface area contributed by atoms with E-state index in [0.29, 0.717) is 29.1 Å². The maximum atomic E-state index is 13.2. The van der Waals surface area contributed by atoms with E-state index in [2.05, 4.69) is 59.4 Å². The summed E-state index contributed by atoms with van der Waals surface area (Å²) >= 11 is 1.97. The molecular formula is C24H45N7O2S. The second kappa shape index (κ2) is 11.9. The van der Waals surface area contributed by atoms with E-state index in [4.69, 9.17) is 0 Å². The van der Waals surface area contributed by atoms with Gasteiger partial charge >= 0.3 is 0 Å². The predicted molar refractivity (Wildman–Crippen MR) is 137 cm³/mol. The fourth-order valence-corrected chi connectivity index (χ4v) is 7.26. The molecule has 2 amide bonds. The van der Waals surface area contributed by atoms with Crippen molar-refractivity contribution in [2.45, 2.75) is 80.7 Å². The molecule has 0 radical (unpaired) electrons.